The first kappa shape index (κ1) is 32.2. The van der Waals surface area contributed by atoms with Crippen LogP contribution in [0.4, 0.5) is 24.7 Å². The number of nitrogen functional groups attached to an aromatic ring is 1. The third-order valence-corrected chi connectivity index (χ3v) is 7.62. The van der Waals surface area contributed by atoms with Gasteiger partial charge in [-0.1, -0.05) is 6.07 Å². The Bertz CT molecular complexity index is 1540. The second-order valence-electron chi connectivity index (χ2n) is 9.53. The van der Waals surface area contributed by atoms with Crippen LogP contribution in [0, 0.1) is 0 Å². The van der Waals surface area contributed by atoms with Gasteiger partial charge in [0.15, 0.2) is 11.5 Å². The molecule has 1 fully saturated rings. The number of hydrogen-bond donors (Lipinski definition) is 4. The van der Waals surface area contributed by atoms with Crippen molar-refractivity contribution >= 4 is 44.2 Å². The van der Waals surface area contributed by atoms with Crippen LogP contribution < -0.4 is 25.2 Å². The Morgan fingerprint density at radius 1 is 1.12 bits per heavy atom. The lowest BCUT2D eigenvalue weighted by molar-refractivity contribution is -0.192. The minimum Gasteiger partial charge on any atom is -0.490 e. The molecule has 0 aliphatic heterocycles. The third kappa shape index (κ3) is 8.61. The molecular weight excluding hydrogens is 581 g/mol. The Labute approximate surface area is 240 Å². The summed E-state index contributed by atoms with van der Waals surface area (Å²) < 4.78 is 70.6. The third-order valence-electron chi connectivity index (χ3n) is 5.78. The molecule has 3 aromatic rings. The molecule has 1 aromatic heterocycles. The molecule has 0 saturated heterocycles. The second kappa shape index (κ2) is 13.1. The smallest absolute Gasteiger partial charge is 0.490 e. The van der Waals surface area contributed by atoms with Crippen molar-refractivity contribution in [3.8, 4) is 11.5 Å². The molecule has 15 heteroatoms. The summed E-state index contributed by atoms with van der Waals surface area (Å²) in [5.41, 5.74) is 7.10. The number of carbonyl (C=O) groups is 2. The molecule has 0 spiro atoms. The molecule has 0 bridgehead atoms. The number of anilines is 2. The zero-order chi connectivity index (χ0) is 31.2. The molecule has 1 aliphatic carbocycles. The quantitative estimate of drug-likeness (QED) is 0.257. The first-order valence-corrected chi connectivity index (χ1v) is 14.4. The molecule has 228 valence electrons. The molecule has 0 radical (unpaired) electrons. The van der Waals surface area contributed by atoms with Crippen molar-refractivity contribution in [3.63, 3.8) is 0 Å². The second-order valence-corrected chi connectivity index (χ2v) is 11.5. The summed E-state index contributed by atoms with van der Waals surface area (Å²) in [6.45, 7) is 6.07. The number of halogens is 3. The van der Waals surface area contributed by atoms with Crippen molar-refractivity contribution in [2.24, 2.45) is 0 Å². The zero-order valence-corrected chi connectivity index (χ0v) is 23.8. The Balaban J connectivity index is 0.000000616. The normalized spacial score (nSPS) is 14.0. The Morgan fingerprint density at radius 2 is 1.79 bits per heavy atom. The van der Waals surface area contributed by atoms with Crippen molar-refractivity contribution in [2.45, 2.75) is 57.2 Å². The largest absolute Gasteiger partial charge is 0.490 e. The van der Waals surface area contributed by atoms with E-state index in [1.165, 1.54) is 0 Å². The number of sulfonamides is 1. The number of benzene rings is 2. The number of aromatic nitrogens is 1. The summed E-state index contributed by atoms with van der Waals surface area (Å²) in [6.07, 6.45) is -2.44. The van der Waals surface area contributed by atoms with Crippen LogP contribution in [0.25, 0.3) is 10.8 Å². The fourth-order valence-electron chi connectivity index (χ4n) is 3.74. The summed E-state index contributed by atoms with van der Waals surface area (Å²) in [5, 5.41) is 11.4. The molecule has 4 rings (SSSR count). The molecule has 1 amide bonds. The van der Waals surface area contributed by atoms with Gasteiger partial charge in [-0.3, -0.25) is 9.52 Å². The summed E-state index contributed by atoms with van der Waals surface area (Å²) in [6, 6.07) is 11.4. The number of carboxylic acid groups (broad SMARTS) is 1. The van der Waals surface area contributed by atoms with Crippen LogP contribution in [0.1, 0.15) is 45.2 Å². The van der Waals surface area contributed by atoms with Crippen molar-refractivity contribution < 1.29 is 45.8 Å². The molecule has 1 aliphatic rings. The number of rotatable bonds is 10. The standard InChI is InChI=1S/C25H30N4O5S.C2HF3O2/c1-4-33-22-14-17(5-10-21(22)34-15(2)3)23(25(30)29-35(31,32)19-7-8-19)28-18-6-9-20-16(13-18)11-12-27-24(20)26;3-2(4,5)1(6)7/h5-6,9-15,19,23,28H,4,7-8H2,1-3H3,(H2,26,27)(H,29,30);(H,6,7). The van der Waals surface area contributed by atoms with E-state index in [1.54, 1.807) is 36.5 Å². The van der Waals surface area contributed by atoms with Crippen LogP contribution in [0.5, 0.6) is 11.5 Å². The topological polar surface area (TPSA) is 170 Å². The molecule has 5 N–H and O–H groups in total. The van der Waals surface area contributed by atoms with E-state index >= 15 is 0 Å². The van der Waals surface area contributed by atoms with Gasteiger partial charge in [-0.05, 0) is 81.0 Å². The average Bonchev–Trinajstić information content (AvgIpc) is 3.74. The number of hydrogen-bond acceptors (Lipinski definition) is 9. The fraction of sp³-hybridized carbons (Fsp3) is 0.370. The molecule has 1 unspecified atom stereocenters. The van der Waals surface area contributed by atoms with Gasteiger partial charge in [-0.2, -0.15) is 13.2 Å². The van der Waals surface area contributed by atoms with Crippen LogP contribution >= 0.6 is 0 Å². The Hall–Kier alpha value is -4.27. The van der Waals surface area contributed by atoms with Crippen LogP contribution in [-0.4, -0.2) is 54.5 Å². The first-order valence-electron chi connectivity index (χ1n) is 12.8. The summed E-state index contributed by atoms with van der Waals surface area (Å²) in [5.74, 6) is -2.01. The number of amides is 1. The highest BCUT2D eigenvalue weighted by atomic mass is 32.2. The maximum absolute atomic E-state index is 13.3. The van der Waals surface area contributed by atoms with E-state index in [9.17, 15) is 26.4 Å². The SMILES string of the molecule is CCOc1cc(C(Nc2ccc3c(N)nccc3c2)C(=O)NS(=O)(=O)C2CC2)ccc1OC(C)C.O=C(O)C(F)(F)F. The summed E-state index contributed by atoms with van der Waals surface area (Å²) in [4.78, 5) is 26.3. The van der Waals surface area contributed by atoms with E-state index in [0.29, 0.717) is 48.0 Å². The van der Waals surface area contributed by atoms with Gasteiger partial charge in [-0.25, -0.2) is 18.2 Å². The van der Waals surface area contributed by atoms with Gasteiger partial charge in [0.25, 0.3) is 5.91 Å². The highest BCUT2D eigenvalue weighted by Crippen LogP contribution is 2.34. The number of ether oxygens (including phenoxy) is 2. The van der Waals surface area contributed by atoms with E-state index in [-0.39, 0.29) is 6.10 Å². The van der Waals surface area contributed by atoms with E-state index in [2.05, 4.69) is 15.0 Å². The fourth-order valence-corrected chi connectivity index (χ4v) is 5.06. The van der Waals surface area contributed by atoms with E-state index in [1.807, 2.05) is 32.9 Å². The summed E-state index contributed by atoms with van der Waals surface area (Å²) >= 11 is 0. The van der Waals surface area contributed by atoms with Gasteiger partial charge in [-0.15, -0.1) is 0 Å². The van der Waals surface area contributed by atoms with Gasteiger partial charge in [0.05, 0.1) is 18.0 Å². The predicted molar refractivity (Wildman–Crippen MR) is 150 cm³/mol. The van der Waals surface area contributed by atoms with Gasteiger partial charge < -0.3 is 25.6 Å². The molecule has 1 heterocycles. The Kier molecular flexibility index (Phi) is 10.1. The lowest BCUT2D eigenvalue weighted by atomic mass is 10.0. The van der Waals surface area contributed by atoms with E-state index < -0.39 is 39.4 Å². The van der Waals surface area contributed by atoms with Crippen molar-refractivity contribution in [1.82, 2.24) is 9.71 Å². The lowest BCUT2D eigenvalue weighted by Gasteiger charge is -2.22. The molecule has 42 heavy (non-hydrogen) atoms. The maximum atomic E-state index is 13.3. The minimum atomic E-state index is -5.08. The predicted octanol–water partition coefficient (Wildman–Crippen LogP) is 4.40. The molecule has 2 aromatic carbocycles. The van der Waals surface area contributed by atoms with Crippen LogP contribution in [0.3, 0.4) is 0 Å². The maximum Gasteiger partial charge on any atom is 0.490 e. The van der Waals surface area contributed by atoms with E-state index in [0.717, 1.165) is 10.8 Å². The minimum absolute atomic E-state index is 0.0690. The van der Waals surface area contributed by atoms with Crippen molar-refractivity contribution in [1.29, 1.82) is 0 Å². The van der Waals surface area contributed by atoms with Gasteiger partial charge in [0.1, 0.15) is 11.9 Å². The number of carbonyl (C=O) groups excluding carboxylic acids is 1. The number of nitrogens with zero attached hydrogens (tertiary/aromatic N) is 1. The first-order chi connectivity index (χ1) is 19.6. The number of nitrogens with one attached hydrogen (secondary N) is 2. The highest BCUT2D eigenvalue weighted by Gasteiger charge is 2.39. The number of nitrogens with two attached hydrogens (primary N) is 1. The molecule has 1 atom stereocenters. The summed E-state index contributed by atoms with van der Waals surface area (Å²) in [7, 11) is -3.74. The zero-order valence-electron chi connectivity index (χ0n) is 22.9. The van der Waals surface area contributed by atoms with Crippen LogP contribution in [0.2, 0.25) is 0 Å². The lowest BCUT2D eigenvalue weighted by Crippen LogP contribution is -2.39. The number of fused-ring (bicyclic) bond motifs is 1. The van der Waals surface area contributed by atoms with Crippen LogP contribution in [-0.2, 0) is 19.6 Å². The molecule has 1 saturated carbocycles. The van der Waals surface area contributed by atoms with Crippen LogP contribution in [0.15, 0.2) is 48.7 Å². The Morgan fingerprint density at radius 3 is 2.36 bits per heavy atom. The van der Waals surface area contributed by atoms with Gasteiger partial charge >= 0.3 is 12.1 Å². The van der Waals surface area contributed by atoms with Crippen molar-refractivity contribution in [3.05, 3.63) is 54.2 Å². The monoisotopic (exact) mass is 612 g/mol. The van der Waals surface area contributed by atoms with E-state index in [4.69, 9.17) is 25.1 Å². The molecule has 11 nitrogen and oxygen atoms in total. The number of alkyl halides is 3. The number of carboxylic acids is 1. The average molecular weight is 613 g/mol. The van der Waals surface area contributed by atoms with Gasteiger partial charge in [0.2, 0.25) is 10.0 Å². The number of pyridine rings is 1. The number of aliphatic carboxylic acids is 1. The highest BCUT2D eigenvalue weighted by molar-refractivity contribution is 7.90. The van der Waals surface area contributed by atoms with Crippen molar-refractivity contribution in [2.75, 3.05) is 17.7 Å². The molecular formula is C27H31F3N4O7S. The van der Waals surface area contributed by atoms with Gasteiger partial charge in [0, 0.05) is 17.3 Å².